The molecule has 3 aromatic rings. The summed E-state index contributed by atoms with van der Waals surface area (Å²) in [7, 11) is 1.93. The number of anilines is 2. The number of aromatic nitrogens is 2. The molecule has 0 aliphatic heterocycles. The zero-order chi connectivity index (χ0) is 17.6. The molecule has 0 aliphatic rings. The Labute approximate surface area is 151 Å². The molecule has 0 spiro atoms. The standard InChI is InChI=1S/C19H17ClN4O/c1-24(13-14-6-3-2-4-7-14)18-12-21-17(11-22-18)19(25)23-16-9-5-8-15(20)10-16/h2-12H,13H2,1H3,(H,23,25). The van der Waals surface area contributed by atoms with E-state index in [0.717, 1.165) is 0 Å². The molecule has 0 atom stereocenters. The third-order valence-corrected chi connectivity index (χ3v) is 3.84. The van der Waals surface area contributed by atoms with E-state index in [-0.39, 0.29) is 11.6 Å². The van der Waals surface area contributed by atoms with Crippen molar-refractivity contribution in [3.8, 4) is 0 Å². The largest absolute Gasteiger partial charge is 0.354 e. The van der Waals surface area contributed by atoms with Gasteiger partial charge >= 0.3 is 0 Å². The molecule has 25 heavy (non-hydrogen) atoms. The normalized spacial score (nSPS) is 10.3. The molecule has 126 valence electrons. The van der Waals surface area contributed by atoms with Crippen LogP contribution in [0.25, 0.3) is 0 Å². The Morgan fingerprint density at radius 3 is 2.56 bits per heavy atom. The van der Waals surface area contributed by atoms with Crippen LogP contribution in [0.4, 0.5) is 11.5 Å². The smallest absolute Gasteiger partial charge is 0.275 e. The van der Waals surface area contributed by atoms with Crippen molar-refractivity contribution >= 4 is 29.0 Å². The SMILES string of the molecule is CN(Cc1ccccc1)c1cnc(C(=O)Nc2cccc(Cl)c2)cn1. The van der Waals surface area contributed by atoms with E-state index in [9.17, 15) is 4.79 Å². The minimum Gasteiger partial charge on any atom is -0.354 e. The predicted octanol–water partition coefficient (Wildman–Crippen LogP) is 4.02. The lowest BCUT2D eigenvalue weighted by Crippen LogP contribution is -2.19. The fourth-order valence-electron chi connectivity index (χ4n) is 2.34. The van der Waals surface area contributed by atoms with Gasteiger partial charge in [-0.1, -0.05) is 48.0 Å². The average Bonchev–Trinajstić information content (AvgIpc) is 2.62. The van der Waals surface area contributed by atoms with Gasteiger partial charge in [-0.15, -0.1) is 0 Å². The third kappa shape index (κ3) is 4.55. The van der Waals surface area contributed by atoms with Crippen LogP contribution in [0.2, 0.25) is 5.02 Å². The van der Waals surface area contributed by atoms with Crippen LogP contribution in [0.15, 0.2) is 67.0 Å². The summed E-state index contributed by atoms with van der Waals surface area (Å²) < 4.78 is 0. The number of carbonyl (C=O) groups is 1. The van der Waals surface area contributed by atoms with Crippen LogP contribution in [0.5, 0.6) is 0 Å². The number of nitrogens with one attached hydrogen (secondary N) is 1. The summed E-state index contributed by atoms with van der Waals surface area (Å²) in [5.41, 5.74) is 2.04. The maximum atomic E-state index is 12.2. The zero-order valence-corrected chi connectivity index (χ0v) is 14.4. The maximum Gasteiger partial charge on any atom is 0.275 e. The van der Waals surface area contributed by atoms with E-state index < -0.39 is 0 Å². The Morgan fingerprint density at radius 2 is 1.88 bits per heavy atom. The molecular formula is C19H17ClN4O. The summed E-state index contributed by atoms with van der Waals surface area (Å²) in [6, 6.07) is 17.0. The third-order valence-electron chi connectivity index (χ3n) is 3.61. The highest BCUT2D eigenvalue weighted by atomic mass is 35.5. The number of hydrogen-bond donors (Lipinski definition) is 1. The fourth-order valence-corrected chi connectivity index (χ4v) is 2.53. The van der Waals surface area contributed by atoms with Gasteiger partial charge < -0.3 is 10.2 Å². The van der Waals surface area contributed by atoms with Gasteiger partial charge in [-0.3, -0.25) is 4.79 Å². The number of carbonyl (C=O) groups excluding carboxylic acids is 1. The van der Waals surface area contributed by atoms with Gasteiger partial charge in [0.2, 0.25) is 0 Å². The van der Waals surface area contributed by atoms with Gasteiger partial charge in [-0.2, -0.15) is 0 Å². The molecule has 0 aliphatic carbocycles. The number of nitrogens with zero attached hydrogens (tertiary/aromatic N) is 3. The van der Waals surface area contributed by atoms with E-state index in [1.807, 2.05) is 30.1 Å². The molecule has 0 saturated carbocycles. The van der Waals surface area contributed by atoms with Crippen molar-refractivity contribution in [1.82, 2.24) is 9.97 Å². The van der Waals surface area contributed by atoms with Crippen LogP contribution in [0.3, 0.4) is 0 Å². The Hall–Kier alpha value is -2.92. The second-order valence-corrected chi connectivity index (χ2v) is 6.00. The second kappa shape index (κ2) is 7.77. The highest BCUT2D eigenvalue weighted by Crippen LogP contribution is 2.16. The number of amides is 1. The van der Waals surface area contributed by atoms with Crippen molar-refractivity contribution in [3.05, 3.63) is 83.3 Å². The molecule has 5 nitrogen and oxygen atoms in total. The lowest BCUT2D eigenvalue weighted by atomic mass is 10.2. The Balaban J connectivity index is 1.66. The highest BCUT2D eigenvalue weighted by molar-refractivity contribution is 6.30. The lowest BCUT2D eigenvalue weighted by molar-refractivity contribution is 0.102. The van der Waals surface area contributed by atoms with Crippen LogP contribution in [-0.4, -0.2) is 22.9 Å². The summed E-state index contributed by atoms with van der Waals surface area (Å²) in [6.07, 6.45) is 3.06. The van der Waals surface area contributed by atoms with Crippen molar-refractivity contribution in [1.29, 1.82) is 0 Å². The predicted molar refractivity (Wildman–Crippen MR) is 100.0 cm³/mol. The fraction of sp³-hybridized carbons (Fsp3) is 0.105. The molecule has 1 aromatic heterocycles. The van der Waals surface area contributed by atoms with Gasteiger partial charge in [0.1, 0.15) is 11.5 Å². The summed E-state index contributed by atoms with van der Waals surface area (Å²) in [4.78, 5) is 22.7. The minimum atomic E-state index is -0.327. The van der Waals surface area contributed by atoms with Crippen molar-refractivity contribution in [2.75, 3.05) is 17.3 Å². The molecule has 2 aromatic carbocycles. The van der Waals surface area contributed by atoms with E-state index in [1.165, 1.54) is 11.8 Å². The van der Waals surface area contributed by atoms with E-state index >= 15 is 0 Å². The van der Waals surface area contributed by atoms with Gasteiger partial charge in [-0.05, 0) is 23.8 Å². The van der Waals surface area contributed by atoms with E-state index in [4.69, 9.17) is 11.6 Å². The Bertz CT molecular complexity index is 853. The number of rotatable bonds is 5. The van der Waals surface area contributed by atoms with Crippen LogP contribution < -0.4 is 10.2 Å². The van der Waals surface area contributed by atoms with Crippen LogP contribution in [0.1, 0.15) is 16.1 Å². The molecule has 1 heterocycles. The van der Waals surface area contributed by atoms with Gasteiger partial charge in [0, 0.05) is 24.3 Å². The number of benzene rings is 2. The molecule has 1 amide bonds. The molecule has 0 bridgehead atoms. The molecule has 0 fully saturated rings. The maximum absolute atomic E-state index is 12.2. The molecule has 0 radical (unpaired) electrons. The summed E-state index contributed by atoms with van der Waals surface area (Å²) >= 11 is 5.91. The summed E-state index contributed by atoms with van der Waals surface area (Å²) in [6.45, 7) is 0.712. The van der Waals surface area contributed by atoms with E-state index in [0.29, 0.717) is 23.1 Å². The first-order chi connectivity index (χ1) is 12.1. The number of halogens is 1. The Kier molecular flexibility index (Phi) is 5.26. The van der Waals surface area contributed by atoms with Gasteiger partial charge in [0.25, 0.3) is 5.91 Å². The summed E-state index contributed by atoms with van der Waals surface area (Å²) in [5, 5.41) is 3.31. The van der Waals surface area contributed by atoms with Crippen molar-refractivity contribution in [3.63, 3.8) is 0 Å². The van der Waals surface area contributed by atoms with Crippen LogP contribution in [0, 0.1) is 0 Å². The first-order valence-electron chi connectivity index (χ1n) is 7.76. The van der Waals surface area contributed by atoms with Crippen molar-refractivity contribution in [2.45, 2.75) is 6.54 Å². The topological polar surface area (TPSA) is 58.1 Å². The highest BCUT2D eigenvalue weighted by Gasteiger charge is 2.10. The molecule has 0 unspecified atom stereocenters. The van der Waals surface area contributed by atoms with E-state index in [1.54, 1.807) is 30.5 Å². The van der Waals surface area contributed by atoms with Gasteiger partial charge in [-0.25, -0.2) is 9.97 Å². The first kappa shape index (κ1) is 16.9. The quantitative estimate of drug-likeness (QED) is 0.753. The first-order valence-corrected chi connectivity index (χ1v) is 8.13. The molecule has 6 heteroatoms. The molecular weight excluding hydrogens is 336 g/mol. The van der Waals surface area contributed by atoms with Gasteiger partial charge in [0.05, 0.1) is 12.4 Å². The molecule has 0 saturated heterocycles. The second-order valence-electron chi connectivity index (χ2n) is 5.57. The van der Waals surface area contributed by atoms with Crippen molar-refractivity contribution in [2.24, 2.45) is 0 Å². The Morgan fingerprint density at radius 1 is 1.08 bits per heavy atom. The molecule has 1 N–H and O–H groups in total. The molecule has 3 rings (SSSR count). The number of hydrogen-bond acceptors (Lipinski definition) is 4. The zero-order valence-electron chi connectivity index (χ0n) is 13.7. The van der Waals surface area contributed by atoms with Gasteiger partial charge in [0.15, 0.2) is 0 Å². The lowest BCUT2D eigenvalue weighted by Gasteiger charge is -2.17. The average molecular weight is 353 g/mol. The van der Waals surface area contributed by atoms with Crippen molar-refractivity contribution < 1.29 is 4.79 Å². The van der Waals surface area contributed by atoms with E-state index in [2.05, 4.69) is 27.4 Å². The van der Waals surface area contributed by atoms with Crippen LogP contribution >= 0.6 is 11.6 Å². The monoisotopic (exact) mass is 352 g/mol. The van der Waals surface area contributed by atoms with Crippen LogP contribution in [-0.2, 0) is 6.54 Å². The summed E-state index contributed by atoms with van der Waals surface area (Å²) in [5.74, 6) is 0.371. The minimum absolute atomic E-state index is 0.247.